The quantitative estimate of drug-likeness (QED) is 0.642. The number of fused-ring (bicyclic) bond motifs is 1. The summed E-state index contributed by atoms with van der Waals surface area (Å²) < 4.78 is 12.0. The van der Waals surface area contributed by atoms with Crippen molar-refractivity contribution in [1.29, 1.82) is 0 Å². The number of hydrogen-bond donors (Lipinski definition) is 1. The SMILES string of the molecule is Clc1cnc(NC2CCC(Oc3cc(N4CCOCC4)cc4nccnc34)CC2)nc1. The van der Waals surface area contributed by atoms with Crippen LogP contribution in [0.1, 0.15) is 25.7 Å². The van der Waals surface area contributed by atoms with Crippen LogP contribution >= 0.6 is 11.6 Å². The molecule has 31 heavy (non-hydrogen) atoms. The molecule has 1 N–H and O–H groups in total. The molecule has 1 aliphatic heterocycles. The highest BCUT2D eigenvalue weighted by atomic mass is 35.5. The molecule has 5 rings (SSSR count). The first-order valence-electron chi connectivity index (χ1n) is 10.7. The fraction of sp³-hybridized carbons (Fsp3) is 0.455. The highest BCUT2D eigenvalue weighted by molar-refractivity contribution is 6.30. The molecular weight excluding hydrogens is 416 g/mol. The number of aromatic nitrogens is 4. The first-order valence-corrected chi connectivity index (χ1v) is 11.1. The second-order valence-electron chi connectivity index (χ2n) is 7.93. The molecule has 8 nitrogen and oxygen atoms in total. The Bertz CT molecular complexity index is 1020. The number of nitrogens with zero attached hydrogens (tertiary/aromatic N) is 5. The van der Waals surface area contributed by atoms with Crippen molar-refractivity contribution >= 4 is 34.3 Å². The summed E-state index contributed by atoms with van der Waals surface area (Å²) in [7, 11) is 0. The van der Waals surface area contributed by atoms with Gasteiger partial charge in [-0.2, -0.15) is 0 Å². The monoisotopic (exact) mass is 440 g/mol. The van der Waals surface area contributed by atoms with E-state index in [-0.39, 0.29) is 6.10 Å². The van der Waals surface area contributed by atoms with Gasteiger partial charge in [0.05, 0.1) is 42.3 Å². The molecule has 0 atom stereocenters. The van der Waals surface area contributed by atoms with Gasteiger partial charge in [0.1, 0.15) is 11.3 Å². The van der Waals surface area contributed by atoms with Crippen LogP contribution in [0.5, 0.6) is 5.75 Å². The number of morpholine rings is 1. The topological polar surface area (TPSA) is 85.3 Å². The lowest BCUT2D eigenvalue weighted by Crippen LogP contribution is -2.36. The van der Waals surface area contributed by atoms with E-state index in [0.29, 0.717) is 17.0 Å². The first-order chi connectivity index (χ1) is 15.2. The lowest BCUT2D eigenvalue weighted by molar-refractivity contribution is 0.122. The summed E-state index contributed by atoms with van der Waals surface area (Å²) in [5, 5.41) is 3.94. The van der Waals surface area contributed by atoms with Gasteiger partial charge in [0.2, 0.25) is 5.95 Å². The number of rotatable bonds is 5. The number of halogens is 1. The maximum atomic E-state index is 6.48. The summed E-state index contributed by atoms with van der Waals surface area (Å²) in [5.74, 6) is 1.43. The van der Waals surface area contributed by atoms with Gasteiger partial charge in [-0.15, -0.1) is 0 Å². The molecule has 162 valence electrons. The Balaban J connectivity index is 1.27. The second-order valence-corrected chi connectivity index (χ2v) is 8.36. The van der Waals surface area contributed by atoms with Gasteiger partial charge in [-0.3, -0.25) is 4.98 Å². The van der Waals surface area contributed by atoms with Gasteiger partial charge in [-0.25, -0.2) is 15.0 Å². The van der Waals surface area contributed by atoms with E-state index in [0.717, 1.165) is 74.5 Å². The van der Waals surface area contributed by atoms with Crippen LogP contribution in [0, 0.1) is 0 Å². The molecule has 0 radical (unpaired) electrons. The van der Waals surface area contributed by atoms with Crippen molar-refractivity contribution in [2.24, 2.45) is 0 Å². The van der Waals surface area contributed by atoms with Crippen molar-refractivity contribution in [3.05, 3.63) is 41.9 Å². The van der Waals surface area contributed by atoms with Crippen LogP contribution in [0.4, 0.5) is 11.6 Å². The molecule has 2 fully saturated rings. The molecule has 1 aliphatic carbocycles. The third kappa shape index (κ3) is 4.80. The van der Waals surface area contributed by atoms with Gasteiger partial charge < -0.3 is 19.7 Å². The summed E-state index contributed by atoms with van der Waals surface area (Å²) in [6, 6.07) is 4.53. The molecule has 2 aromatic heterocycles. The van der Waals surface area contributed by atoms with Crippen LogP contribution in [0.25, 0.3) is 11.0 Å². The van der Waals surface area contributed by atoms with E-state index in [1.165, 1.54) is 0 Å². The molecule has 3 aromatic rings. The van der Waals surface area contributed by atoms with Gasteiger partial charge in [0.25, 0.3) is 0 Å². The highest BCUT2D eigenvalue weighted by Gasteiger charge is 2.24. The number of hydrogen-bond acceptors (Lipinski definition) is 8. The summed E-state index contributed by atoms with van der Waals surface area (Å²) >= 11 is 5.86. The van der Waals surface area contributed by atoms with E-state index in [1.54, 1.807) is 24.8 Å². The van der Waals surface area contributed by atoms with Gasteiger partial charge in [0, 0.05) is 43.3 Å². The molecule has 2 aliphatic rings. The third-order valence-electron chi connectivity index (χ3n) is 5.82. The Kier molecular flexibility index (Phi) is 5.99. The molecule has 1 aromatic carbocycles. The Morgan fingerprint density at radius 1 is 0.968 bits per heavy atom. The lowest BCUT2D eigenvalue weighted by Gasteiger charge is -2.31. The molecule has 1 saturated heterocycles. The summed E-state index contributed by atoms with van der Waals surface area (Å²) in [5.41, 5.74) is 2.78. The maximum absolute atomic E-state index is 6.48. The van der Waals surface area contributed by atoms with Crippen LogP contribution in [0.15, 0.2) is 36.9 Å². The average Bonchev–Trinajstić information content (AvgIpc) is 2.82. The summed E-state index contributed by atoms with van der Waals surface area (Å²) in [6.07, 6.45) is 10.7. The molecular formula is C22H25ClN6O2. The molecule has 0 amide bonds. The normalized spacial score (nSPS) is 21.8. The Morgan fingerprint density at radius 2 is 1.71 bits per heavy atom. The lowest BCUT2D eigenvalue weighted by atomic mass is 9.93. The van der Waals surface area contributed by atoms with E-state index < -0.39 is 0 Å². The summed E-state index contributed by atoms with van der Waals surface area (Å²) in [6.45, 7) is 3.22. The van der Waals surface area contributed by atoms with E-state index in [4.69, 9.17) is 21.1 Å². The molecule has 3 heterocycles. The van der Waals surface area contributed by atoms with E-state index in [2.05, 4.69) is 42.3 Å². The minimum Gasteiger partial charge on any atom is -0.488 e. The molecule has 0 spiro atoms. The molecule has 0 unspecified atom stereocenters. The van der Waals surface area contributed by atoms with Crippen molar-refractivity contribution in [1.82, 2.24) is 19.9 Å². The average molecular weight is 441 g/mol. The second kappa shape index (κ2) is 9.20. The summed E-state index contributed by atoms with van der Waals surface area (Å²) in [4.78, 5) is 19.8. The van der Waals surface area contributed by atoms with Crippen LogP contribution < -0.4 is 15.0 Å². The molecule has 1 saturated carbocycles. The third-order valence-corrected chi connectivity index (χ3v) is 6.02. The van der Waals surface area contributed by atoms with E-state index >= 15 is 0 Å². The Morgan fingerprint density at radius 3 is 2.48 bits per heavy atom. The van der Waals surface area contributed by atoms with Crippen molar-refractivity contribution in [2.75, 3.05) is 36.5 Å². The van der Waals surface area contributed by atoms with Crippen molar-refractivity contribution < 1.29 is 9.47 Å². The maximum Gasteiger partial charge on any atom is 0.222 e. The number of benzene rings is 1. The first kappa shape index (κ1) is 20.2. The Labute approximate surface area is 186 Å². The largest absolute Gasteiger partial charge is 0.488 e. The van der Waals surface area contributed by atoms with Gasteiger partial charge in [-0.1, -0.05) is 11.6 Å². The number of ether oxygens (including phenoxy) is 2. The van der Waals surface area contributed by atoms with Crippen LogP contribution in [0.2, 0.25) is 5.02 Å². The number of nitrogens with one attached hydrogen (secondary N) is 1. The van der Waals surface area contributed by atoms with Crippen molar-refractivity contribution in [2.45, 2.75) is 37.8 Å². The molecule has 0 bridgehead atoms. The standard InChI is InChI=1S/C22H25ClN6O2/c23-15-13-26-22(27-14-15)28-16-1-3-18(4-2-16)31-20-12-17(29-7-9-30-10-8-29)11-19-21(20)25-6-5-24-19/h5-6,11-14,16,18H,1-4,7-10H2,(H,26,27,28). The van der Waals surface area contributed by atoms with Gasteiger partial charge in [0.15, 0.2) is 0 Å². The van der Waals surface area contributed by atoms with Crippen molar-refractivity contribution in [3.8, 4) is 5.75 Å². The fourth-order valence-electron chi connectivity index (χ4n) is 4.20. The van der Waals surface area contributed by atoms with E-state index in [9.17, 15) is 0 Å². The van der Waals surface area contributed by atoms with Crippen molar-refractivity contribution in [3.63, 3.8) is 0 Å². The van der Waals surface area contributed by atoms with Crippen LogP contribution in [-0.2, 0) is 4.74 Å². The zero-order valence-electron chi connectivity index (χ0n) is 17.2. The number of anilines is 2. The molecule has 9 heteroatoms. The highest BCUT2D eigenvalue weighted by Crippen LogP contribution is 2.33. The predicted molar refractivity (Wildman–Crippen MR) is 120 cm³/mol. The van der Waals surface area contributed by atoms with Crippen LogP contribution in [-0.4, -0.2) is 58.4 Å². The zero-order valence-corrected chi connectivity index (χ0v) is 18.0. The van der Waals surface area contributed by atoms with Crippen LogP contribution in [0.3, 0.4) is 0 Å². The van der Waals surface area contributed by atoms with E-state index in [1.807, 2.05) is 0 Å². The van der Waals surface area contributed by atoms with Gasteiger partial charge in [-0.05, 0) is 31.7 Å². The minimum absolute atomic E-state index is 0.148. The Hall–Kier alpha value is -2.71. The zero-order chi connectivity index (χ0) is 21.0. The smallest absolute Gasteiger partial charge is 0.222 e. The van der Waals surface area contributed by atoms with Gasteiger partial charge >= 0.3 is 0 Å². The minimum atomic E-state index is 0.148. The predicted octanol–water partition coefficient (Wildman–Crippen LogP) is 3.71. The fourth-order valence-corrected chi connectivity index (χ4v) is 4.29.